The molecule has 0 saturated carbocycles. The van der Waals surface area contributed by atoms with Gasteiger partial charge < -0.3 is 5.32 Å². The van der Waals surface area contributed by atoms with Crippen LogP contribution < -0.4 is 5.32 Å². The normalized spacial score (nSPS) is 23.3. The van der Waals surface area contributed by atoms with Crippen LogP contribution in [-0.4, -0.2) is 26.8 Å². The lowest BCUT2D eigenvalue weighted by molar-refractivity contribution is 0.576. The number of fused-ring (bicyclic) bond motifs is 1. The average molecular weight is 279 g/mol. The van der Waals surface area contributed by atoms with Crippen molar-refractivity contribution in [3.8, 4) is 0 Å². The number of hydrogen-bond donors (Lipinski definition) is 1. The van der Waals surface area contributed by atoms with Gasteiger partial charge in [0.25, 0.3) is 0 Å². The Balaban J connectivity index is 1.84. The summed E-state index contributed by atoms with van der Waals surface area (Å²) in [6.45, 7) is 0.949. The number of rotatable bonds is 3. The van der Waals surface area contributed by atoms with E-state index in [4.69, 9.17) is 0 Å². The van der Waals surface area contributed by atoms with E-state index in [0.717, 1.165) is 32.2 Å². The molecule has 0 unspecified atom stereocenters. The zero-order valence-electron chi connectivity index (χ0n) is 11.2. The molecule has 1 aromatic carbocycles. The molecule has 0 radical (unpaired) electrons. The Bertz CT molecular complexity index is 560. The summed E-state index contributed by atoms with van der Waals surface area (Å²) < 4.78 is 24.9. The standard InChI is InChI=1S/C15H21NO2S/c17-19(18,11-14-6-3-9-16-14)15-8-7-12-4-1-2-5-13(12)10-15/h7-8,10,14,16H,1-6,9,11H2/t14-/m0/s1. The van der Waals surface area contributed by atoms with E-state index in [1.165, 1.54) is 24.0 Å². The van der Waals surface area contributed by atoms with Crippen LogP contribution in [-0.2, 0) is 22.7 Å². The van der Waals surface area contributed by atoms with Crippen LogP contribution in [0.3, 0.4) is 0 Å². The van der Waals surface area contributed by atoms with Crippen LogP contribution in [0.4, 0.5) is 0 Å². The molecule has 1 aliphatic heterocycles. The predicted molar refractivity (Wildman–Crippen MR) is 76.2 cm³/mol. The second kappa shape index (κ2) is 5.25. The first-order chi connectivity index (χ1) is 9.15. The summed E-state index contributed by atoms with van der Waals surface area (Å²) in [5, 5.41) is 3.27. The average Bonchev–Trinajstić information content (AvgIpc) is 2.90. The van der Waals surface area contributed by atoms with Gasteiger partial charge in [-0.25, -0.2) is 8.42 Å². The van der Waals surface area contributed by atoms with Gasteiger partial charge in [-0.1, -0.05) is 6.07 Å². The van der Waals surface area contributed by atoms with Crippen LogP contribution in [0.25, 0.3) is 0 Å². The SMILES string of the molecule is O=S(=O)(C[C@@H]1CCCN1)c1ccc2c(c1)CCCC2. The summed E-state index contributed by atoms with van der Waals surface area (Å²) in [5.74, 6) is 0.242. The fourth-order valence-corrected chi connectivity index (χ4v) is 4.77. The highest BCUT2D eigenvalue weighted by Crippen LogP contribution is 2.25. The molecule has 0 spiro atoms. The van der Waals surface area contributed by atoms with Gasteiger partial charge in [-0.15, -0.1) is 0 Å². The van der Waals surface area contributed by atoms with Gasteiger partial charge in [-0.2, -0.15) is 0 Å². The Kier molecular flexibility index (Phi) is 3.63. The monoisotopic (exact) mass is 279 g/mol. The first-order valence-electron chi connectivity index (χ1n) is 7.23. The molecule has 0 aromatic heterocycles. The lowest BCUT2D eigenvalue weighted by Crippen LogP contribution is -2.30. The fraction of sp³-hybridized carbons (Fsp3) is 0.600. The minimum atomic E-state index is -3.14. The van der Waals surface area contributed by atoms with Crippen LogP contribution in [0.15, 0.2) is 23.1 Å². The van der Waals surface area contributed by atoms with E-state index in [0.29, 0.717) is 4.90 Å². The molecule has 19 heavy (non-hydrogen) atoms. The molecular formula is C15H21NO2S. The summed E-state index contributed by atoms with van der Waals surface area (Å²) in [4.78, 5) is 0.516. The molecule has 1 atom stereocenters. The summed E-state index contributed by atoms with van der Waals surface area (Å²) in [5.41, 5.74) is 2.58. The van der Waals surface area contributed by atoms with Crippen molar-refractivity contribution in [2.45, 2.75) is 49.5 Å². The van der Waals surface area contributed by atoms with Crippen molar-refractivity contribution in [3.05, 3.63) is 29.3 Å². The second-order valence-electron chi connectivity index (χ2n) is 5.71. The van der Waals surface area contributed by atoms with Gasteiger partial charge in [0, 0.05) is 6.04 Å². The van der Waals surface area contributed by atoms with E-state index in [1.54, 1.807) is 6.07 Å². The van der Waals surface area contributed by atoms with E-state index >= 15 is 0 Å². The van der Waals surface area contributed by atoms with Gasteiger partial charge in [0.05, 0.1) is 10.6 Å². The summed E-state index contributed by atoms with van der Waals surface area (Å²) in [6.07, 6.45) is 6.60. The molecule has 0 amide bonds. The van der Waals surface area contributed by atoms with Gasteiger partial charge in [0.15, 0.2) is 9.84 Å². The minimum Gasteiger partial charge on any atom is -0.313 e. The molecule has 3 nitrogen and oxygen atoms in total. The smallest absolute Gasteiger partial charge is 0.179 e. The maximum Gasteiger partial charge on any atom is 0.179 e. The molecule has 1 N–H and O–H groups in total. The summed E-state index contributed by atoms with van der Waals surface area (Å²) >= 11 is 0. The Morgan fingerprint density at radius 2 is 1.89 bits per heavy atom. The number of nitrogens with one attached hydrogen (secondary N) is 1. The molecule has 1 saturated heterocycles. The van der Waals surface area contributed by atoms with Crippen molar-refractivity contribution >= 4 is 9.84 Å². The van der Waals surface area contributed by atoms with E-state index in [-0.39, 0.29) is 11.8 Å². The van der Waals surface area contributed by atoms with Crippen LogP contribution in [0.5, 0.6) is 0 Å². The molecule has 1 aromatic rings. The van der Waals surface area contributed by atoms with Crippen LogP contribution in [0, 0.1) is 0 Å². The highest BCUT2D eigenvalue weighted by Gasteiger charge is 2.24. The Morgan fingerprint density at radius 3 is 2.63 bits per heavy atom. The molecule has 1 aliphatic carbocycles. The molecule has 3 rings (SSSR count). The molecule has 104 valence electrons. The van der Waals surface area contributed by atoms with E-state index < -0.39 is 9.84 Å². The van der Waals surface area contributed by atoms with E-state index in [2.05, 4.69) is 5.32 Å². The third-order valence-corrected chi connectivity index (χ3v) is 6.08. The van der Waals surface area contributed by atoms with Crippen molar-refractivity contribution in [2.24, 2.45) is 0 Å². The third kappa shape index (κ3) is 2.84. The largest absolute Gasteiger partial charge is 0.313 e. The molecule has 4 heteroatoms. The predicted octanol–water partition coefficient (Wildman–Crippen LogP) is 2.09. The second-order valence-corrected chi connectivity index (χ2v) is 7.75. The third-order valence-electron chi connectivity index (χ3n) is 4.26. The van der Waals surface area contributed by atoms with Gasteiger partial charge in [0.1, 0.15) is 0 Å². The Labute approximate surface area is 115 Å². The van der Waals surface area contributed by atoms with Crippen molar-refractivity contribution in [3.63, 3.8) is 0 Å². The topological polar surface area (TPSA) is 46.2 Å². The summed E-state index contributed by atoms with van der Waals surface area (Å²) in [6, 6.07) is 5.87. The zero-order valence-corrected chi connectivity index (χ0v) is 12.0. The number of benzene rings is 1. The molecule has 1 fully saturated rings. The Morgan fingerprint density at radius 1 is 1.11 bits per heavy atom. The highest BCUT2D eigenvalue weighted by molar-refractivity contribution is 7.91. The van der Waals surface area contributed by atoms with Gasteiger partial charge in [-0.3, -0.25) is 0 Å². The van der Waals surface area contributed by atoms with Gasteiger partial charge in [-0.05, 0) is 68.3 Å². The van der Waals surface area contributed by atoms with Gasteiger partial charge in [0.2, 0.25) is 0 Å². The van der Waals surface area contributed by atoms with Crippen molar-refractivity contribution < 1.29 is 8.42 Å². The quantitative estimate of drug-likeness (QED) is 0.921. The molecule has 0 bridgehead atoms. The maximum atomic E-state index is 12.4. The lowest BCUT2D eigenvalue weighted by atomic mass is 9.92. The van der Waals surface area contributed by atoms with E-state index in [1.807, 2.05) is 12.1 Å². The number of sulfone groups is 1. The fourth-order valence-electron chi connectivity index (χ4n) is 3.16. The maximum absolute atomic E-state index is 12.4. The van der Waals surface area contributed by atoms with Crippen molar-refractivity contribution in [1.29, 1.82) is 0 Å². The first kappa shape index (κ1) is 13.1. The van der Waals surface area contributed by atoms with Crippen LogP contribution in [0.1, 0.15) is 36.8 Å². The van der Waals surface area contributed by atoms with Crippen molar-refractivity contribution in [2.75, 3.05) is 12.3 Å². The van der Waals surface area contributed by atoms with Crippen molar-refractivity contribution in [1.82, 2.24) is 5.32 Å². The number of hydrogen-bond acceptors (Lipinski definition) is 3. The number of aryl methyl sites for hydroxylation is 2. The molecule has 2 aliphatic rings. The summed E-state index contributed by atoms with van der Waals surface area (Å²) in [7, 11) is -3.14. The Hall–Kier alpha value is -0.870. The minimum absolute atomic E-state index is 0.140. The van der Waals surface area contributed by atoms with Gasteiger partial charge >= 0.3 is 0 Å². The first-order valence-corrected chi connectivity index (χ1v) is 8.88. The zero-order chi connectivity index (χ0) is 13.3. The van der Waals surface area contributed by atoms with Crippen LogP contribution >= 0.6 is 0 Å². The molecule has 1 heterocycles. The lowest BCUT2D eigenvalue weighted by Gasteiger charge is -2.17. The molecular weight excluding hydrogens is 258 g/mol. The highest BCUT2D eigenvalue weighted by atomic mass is 32.2. The van der Waals surface area contributed by atoms with Crippen LogP contribution in [0.2, 0.25) is 0 Å². The van der Waals surface area contributed by atoms with E-state index in [9.17, 15) is 8.42 Å².